The van der Waals surface area contributed by atoms with Crippen LogP contribution < -0.4 is 0 Å². The lowest BCUT2D eigenvalue weighted by molar-refractivity contribution is 0.661. The van der Waals surface area contributed by atoms with Crippen LogP contribution >= 0.6 is 0 Å². The molecule has 11 rings (SSSR count). The van der Waals surface area contributed by atoms with Crippen LogP contribution in [0.4, 0.5) is 0 Å². The number of fused-ring (bicyclic) bond motifs is 10. The Morgan fingerprint density at radius 2 is 1.00 bits per heavy atom. The summed E-state index contributed by atoms with van der Waals surface area (Å²) >= 11 is 0. The standard InChI is InChI=1S/C51H34N2O/c1-51(2)44-28-35(16-19-38(44)39-20-17-36(29-45(39)51)33-24-26-52-27-25-33)31-12-14-32(15-13-31)37-18-21-42-46(30-37)53-49(34-8-4-3-5-9-34)43-23-22-41-40-10-6-7-11-47(40)54-50(41)48(42)43/h3-30H,1-2H3. The van der Waals surface area contributed by atoms with Crippen LogP contribution in [0.5, 0.6) is 0 Å². The van der Waals surface area contributed by atoms with Crippen molar-refractivity contribution in [2.75, 3.05) is 0 Å². The first-order valence-corrected chi connectivity index (χ1v) is 18.6. The highest BCUT2D eigenvalue weighted by Crippen LogP contribution is 2.51. The molecule has 0 bridgehead atoms. The molecule has 1 aliphatic rings. The van der Waals surface area contributed by atoms with E-state index in [-0.39, 0.29) is 5.41 Å². The van der Waals surface area contributed by atoms with Crippen LogP contribution in [-0.4, -0.2) is 9.97 Å². The first-order valence-electron chi connectivity index (χ1n) is 18.6. The van der Waals surface area contributed by atoms with Crippen LogP contribution in [0.2, 0.25) is 0 Å². The molecular formula is C51H34N2O. The van der Waals surface area contributed by atoms with Crippen molar-refractivity contribution in [3.8, 4) is 55.8 Å². The molecule has 0 atom stereocenters. The zero-order valence-corrected chi connectivity index (χ0v) is 30.0. The van der Waals surface area contributed by atoms with Crippen molar-refractivity contribution in [2.45, 2.75) is 19.3 Å². The van der Waals surface area contributed by atoms with Crippen molar-refractivity contribution in [2.24, 2.45) is 0 Å². The van der Waals surface area contributed by atoms with Crippen LogP contribution in [-0.2, 0) is 5.41 Å². The van der Waals surface area contributed by atoms with Gasteiger partial charge in [-0.25, -0.2) is 4.98 Å². The number of pyridine rings is 2. The molecule has 7 aromatic carbocycles. The molecule has 0 N–H and O–H groups in total. The molecule has 0 aliphatic heterocycles. The van der Waals surface area contributed by atoms with Gasteiger partial charge in [0.15, 0.2) is 0 Å². The van der Waals surface area contributed by atoms with Crippen LogP contribution in [0.1, 0.15) is 25.0 Å². The summed E-state index contributed by atoms with van der Waals surface area (Å²) in [6.07, 6.45) is 3.72. The lowest BCUT2D eigenvalue weighted by Crippen LogP contribution is -2.15. The van der Waals surface area contributed by atoms with E-state index in [0.29, 0.717) is 0 Å². The average molecular weight is 691 g/mol. The number of aromatic nitrogens is 2. The van der Waals surface area contributed by atoms with Crippen LogP contribution in [0.3, 0.4) is 0 Å². The summed E-state index contributed by atoms with van der Waals surface area (Å²) in [6, 6.07) is 56.8. The smallest absolute Gasteiger partial charge is 0.144 e. The molecule has 3 nitrogen and oxygen atoms in total. The molecular weight excluding hydrogens is 657 g/mol. The number of para-hydroxylation sites is 1. The predicted octanol–water partition coefficient (Wildman–Crippen LogP) is 13.7. The fourth-order valence-electron chi connectivity index (χ4n) is 8.76. The Bertz CT molecular complexity index is 3100. The van der Waals surface area contributed by atoms with Gasteiger partial charge in [-0.3, -0.25) is 4.98 Å². The molecule has 0 saturated carbocycles. The lowest BCUT2D eigenvalue weighted by Gasteiger charge is -2.22. The second-order valence-electron chi connectivity index (χ2n) is 15.0. The molecule has 0 unspecified atom stereocenters. The highest BCUT2D eigenvalue weighted by Gasteiger charge is 2.36. The first kappa shape index (κ1) is 30.8. The van der Waals surface area contributed by atoms with Gasteiger partial charge in [-0.2, -0.15) is 0 Å². The molecule has 10 aromatic rings. The SMILES string of the molecule is CC1(C)c2cc(-c3ccncc3)ccc2-c2ccc(-c3ccc(-c4ccc5c(c4)nc(-c4ccccc4)c4ccc6c7ccccc7oc6c45)cc3)cc21. The van der Waals surface area contributed by atoms with Crippen molar-refractivity contribution in [3.05, 3.63) is 181 Å². The summed E-state index contributed by atoms with van der Waals surface area (Å²) in [5.74, 6) is 0. The summed E-state index contributed by atoms with van der Waals surface area (Å²) in [4.78, 5) is 9.54. The minimum Gasteiger partial charge on any atom is -0.455 e. The van der Waals surface area contributed by atoms with Crippen LogP contribution in [0.15, 0.2) is 175 Å². The van der Waals surface area contributed by atoms with E-state index in [2.05, 4.69) is 164 Å². The Labute approximate surface area is 313 Å². The van der Waals surface area contributed by atoms with Crippen molar-refractivity contribution in [1.29, 1.82) is 0 Å². The molecule has 0 amide bonds. The van der Waals surface area contributed by atoms with E-state index in [1.807, 2.05) is 24.5 Å². The van der Waals surface area contributed by atoms with Gasteiger partial charge in [-0.15, -0.1) is 0 Å². The number of rotatable bonds is 4. The Balaban J connectivity index is 0.986. The zero-order valence-electron chi connectivity index (χ0n) is 30.0. The van der Waals surface area contributed by atoms with E-state index in [9.17, 15) is 0 Å². The van der Waals surface area contributed by atoms with E-state index < -0.39 is 0 Å². The van der Waals surface area contributed by atoms with Gasteiger partial charge in [-0.1, -0.05) is 129 Å². The summed E-state index contributed by atoms with van der Waals surface area (Å²) in [6.45, 7) is 4.69. The molecule has 0 spiro atoms. The van der Waals surface area contributed by atoms with Crippen molar-refractivity contribution < 1.29 is 4.42 Å². The molecule has 0 saturated heterocycles. The number of benzene rings is 7. The summed E-state index contributed by atoms with van der Waals surface area (Å²) in [7, 11) is 0. The Kier molecular flexibility index (Phi) is 6.60. The van der Waals surface area contributed by atoms with E-state index in [1.165, 1.54) is 44.5 Å². The Morgan fingerprint density at radius 1 is 0.444 bits per heavy atom. The molecule has 3 aromatic heterocycles. The number of hydrogen-bond acceptors (Lipinski definition) is 3. The fourth-order valence-corrected chi connectivity index (χ4v) is 8.76. The number of nitrogens with zero attached hydrogens (tertiary/aromatic N) is 2. The maximum absolute atomic E-state index is 6.59. The third-order valence-corrected chi connectivity index (χ3v) is 11.6. The zero-order chi connectivity index (χ0) is 36.0. The highest BCUT2D eigenvalue weighted by molar-refractivity contribution is 6.24. The lowest BCUT2D eigenvalue weighted by atomic mass is 9.81. The van der Waals surface area contributed by atoms with Gasteiger partial charge in [0.2, 0.25) is 0 Å². The maximum atomic E-state index is 6.59. The average Bonchev–Trinajstić information content (AvgIpc) is 3.72. The minimum absolute atomic E-state index is 0.113. The van der Waals surface area contributed by atoms with Gasteiger partial charge in [-0.05, 0) is 98.1 Å². The first-order chi connectivity index (χ1) is 26.5. The molecule has 54 heavy (non-hydrogen) atoms. The van der Waals surface area contributed by atoms with Crippen molar-refractivity contribution in [3.63, 3.8) is 0 Å². The van der Waals surface area contributed by atoms with Crippen LogP contribution in [0, 0.1) is 0 Å². The monoisotopic (exact) mass is 690 g/mol. The van der Waals surface area contributed by atoms with Gasteiger partial charge >= 0.3 is 0 Å². The second kappa shape index (κ2) is 11.6. The van der Waals surface area contributed by atoms with Crippen molar-refractivity contribution in [1.82, 2.24) is 9.97 Å². The topological polar surface area (TPSA) is 38.9 Å². The van der Waals surface area contributed by atoms with Gasteiger partial charge in [0.25, 0.3) is 0 Å². The van der Waals surface area contributed by atoms with E-state index in [0.717, 1.165) is 66.0 Å². The molecule has 254 valence electrons. The largest absolute Gasteiger partial charge is 0.455 e. The van der Waals surface area contributed by atoms with E-state index in [1.54, 1.807) is 0 Å². The number of furan rings is 1. The third-order valence-electron chi connectivity index (χ3n) is 11.6. The third kappa shape index (κ3) is 4.61. The summed E-state index contributed by atoms with van der Waals surface area (Å²) < 4.78 is 6.59. The normalized spacial score (nSPS) is 13.1. The molecule has 0 radical (unpaired) electrons. The van der Waals surface area contributed by atoms with Crippen LogP contribution in [0.25, 0.3) is 99.4 Å². The van der Waals surface area contributed by atoms with Crippen molar-refractivity contribution >= 4 is 43.6 Å². The summed E-state index contributed by atoms with van der Waals surface area (Å²) in [5.41, 5.74) is 17.2. The molecule has 0 fully saturated rings. The van der Waals surface area contributed by atoms with E-state index >= 15 is 0 Å². The quantitative estimate of drug-likeness (QED) is 0.173. The van der Waals surface area contributed by atoms with Gasteiger partial charge in [0.05, 0.1) is 11.2 Å². The minimum atomic E-state index is -0.113. The maximum Gasteiger partial charge on any atom is 0.144 e. The number of hydrogen-bond donors (Lipinski definition) is 0. The predicted molar refractivity (Wildman–Crippen MR) is 224 cm³/mol. The van der Waals surface area contributed by atoms with Gasteiger partial charge in [0, 0.05) is 50.3 Å². The Morgan fingerprint density at radius 3 is 1.70 bits per heavy atom. The van der Waals surface area contributed by atoms with Gasteiger partial charge < -0.3 is 4.42 Å². The second-order valence-corrected chi connectivity index (χ2v) is 15.0. The summed E-state index contributed by atoms with van der Waals surface area (Å²) in [5, 5.41) is 5.53. The fraction of sp³-hybridized carbons (Fsp3) is 0.0588. The van der Waals surface area contributed by atoms with Gasteiger partial charge in [0.1, 0.15) is 11.2 Å². The molecule has 3 heteroatoms. The highest BCUT2D eigenvalue weighted by atomic mass is 16.3. The molecule has 1 aliphatic carbocycles. The Hall–Kier alpha value is -6.84. The van der Waals surface area contributed by atoms with E-state index in [4.69, 9.17) is 9.40 Å². The molecule has 3 heterocycles.